The quantitative estimate of drug-likeness (QED) is 0.680. The molecular weight excluding hydrogens is 358 g/mol. The Hall–Kier alpha value is -2.99. The van der Waals surface area contributed by atoms with Gasteiger partial charge in [0, 0.05) is 23.1 Å². The lowest BCUT2D eigenvalue weighted by atomic mass is 10.0. The van der Waals surface area contributed by atoms with Crippen LogP contribution in [-0.4, -0.2) is 16.8 Å². The summed E-state index contributed by atoms with van der Waals surface area (Å²) in [4.78, 5) is 28.0. The molecular formula is C21H21N3O2S. The van der Waals surface area contributed by atoms with Crippen LogP contribution in [0.15, 0.2) is 53.9 Å². The van der Waals surface area contributed by atoms with Gasteiger partial charge in [0.1, 0.15) is 10.7 Å². The summed E-state index contributed by atoms with van der Waals surface area (Å²) >= 11 is 1.44. The molecule has 27 heavy (non-hydrogen) atoms. The second kappa shape index (κ2) is 8.14. The normalized spacial score (nSPS) is 10.8. The van der Waals surface area contributed by atoms with Crippen LogP contribution in [0.3, 0.4) is 0 Å². The largest absolute Gasteiger partial charge is 0.366 e. The standard InChI is InChI=1S/C21H21N3O2S/c1-13(2)15-6-8-16(9-7-15)21-24-18(12-27-21)20(26)23-11-14-4-3-5-17(10-14)19(22)25/h3-10,12-13H,11H2,1-2H3,(H2,22,25)(H,23,26). The smallest absolute Gasteiger partial charge is 0.271 e. The van der Waals surface area contributed by atoms with Crippen LogP contribution in [0.4, 0.5) is 0 Å². The Balaban J connectivity index is 1.66. The van der Waals surface area contributed by atoms with E-state index in [9.17, 15) is 9.59 Å². The number of nitrogens with one attached hydrogen (secondary N) is 1. The van der Waals surface area contributed by atoms with Gasteiger partial charge in [-0.3, -0.25) is 9.59 Å². The second-order valence-electron chi connectivity index (χ2n) is 6.56. The van der Waals surface area contributed by atoms with Gasteiger partial charge in [-0.1, -0.05) is 50.2 Å². The van der Waals surface area contributed by atoms with E-state index in [0.717, 1.165) is 16.1 Å². The van der Waals surface area contributed by atoms with Gasteiger partial charge in [-0.15, -0.1) is 11.3 Å². The van der Waals surface area contributed by atoms with Crippen molar-refractivity contribution in [2.24, 2.45) is 5.73 Å². The number of aromatic nitrogens is 1. The predicted molar refractivity (Wildman–Crippen MR) is 108 cm³/mol. The summed E-state index contributed by atoms with van der Waals surface area (Å²) in [6.07, 6.45) is 0. The fraction of sp³-hybridized carbons (Fsp3) is 0.190. The molecule has 0 radical (unpaired) electrons. The van der Waals surface area contributed by atoms with Gasteiger partial charge in [0.05, 0.1) is 0 Å². The van der Waals surface area contributed by atoms with Crippen molar-refractivity contribution in [3.63, 3.8) is 0 Å². The minimum Gasteiger partial charge on any atom is -0.366 e. The maximum absolute atomic E-state index is 12.4. The lowest BCUT2D eigenvalue weighted by Crippen LogP contribution is -2.23. The van der Waals surface area contributed by atoms with Gasteiger partial charge in [-0.05, 0) is 29.2 Å². The Kier molecular flexibility index (Phi) is 5.66. The first-order valence-corrected chi connectivity index (χ1v) is 9.55. The van der Waals surface area contributed by atoms with Gasteiger partial charge < -0.3 is 11.1 Å². The van der Waals surface area contributed by atoms with Crippen molar-refractivity contribution in [1.29, 1.82) is 0 Å². The Morgan fingerprint density at radius 1 is 1.15 bits per heavy atom. The highest BCUT2D eigenvalue weighted by Gasteiger charge is 2.12. The van der Waals surface area contributed by atoms with E-state index in [1.54, 1.807) is 23.6 Å². The molecule has 1 heterocycles. The number of hydrogen-bond donors (Lipinski definition) is 2. The summed E-state index contributed by atoms with van der Waals surface area (Å²) in [5, 5.41) is 5.39. The summed E-state index contributed by atoms with van der Waals surface area (Å²) in [5.74, 6) is -0.263. The molecule has 0 bridgehead atoms. The van der Waals surface area contributed by atoms with Crippen LogP contribution >= 0.6 is 11.3 Å². The summed E-state index contributed by atoms with van der Waals surface area (Å²) in [6, 6.07) is 15.1. The number of amides is 2. The van der Waals surface area contributed by atoms with Gasteiger partial charge in [-0.2, -0.15) is 0 Å². The van der Waals surface area contributed by atoms with Crippen molar-refractivity contribution in [2.45, 2.75) is 26.3 Å². The fourth-order valence-electron chi connectivity index (χ4n) is 2.63. The average Bonchev–Trinajstić information content (AvgIpc) is 3.16. The maximum atomic E-state index is 12.4. The first-order valence-electron chi connectivity index (χ1n) is 8.67. The van der Waals surface area contributed by atoms with Crippen LogP contribution in [0.1, 0.15) is 51.7 Å². The topological polar surface area (TPSA) is 85.1 Å². The molecule has 0 saturated carbocycles. The number of nitrogens with two attached hydrogens (primary N) is 1. The SMILES string of the molecule is CC(C)c1ccc(-c2nc(C(=O)NCc3cccc(C(N)=O)c3)cs2)cc1. The molecule has 1 aromatic heterocycles. The Morgan fingerprint density at radius 3 is 2.56 bits per heavy atom. The molecule has 2 amide bonds. The third-order valence-electron chi connectivity index (χ3n) is 4.23. The van der Waals surface area contributed by atoms with E-state index in [2.05, 4.69) is 36.3 Å². The van der Waals surface area contributed by atoms with E-state index in [4.69, 9.17) is 5.73 Å². The van der Waals surface area contributed by atoms with Gasteiger partial charge in [-0.25, -0.2) is 4.98 Å². The van der Waals surface area contributed by atoms with Crippen LogP contribution in [-0.2, 0) is 6.54 Å². The molecule has 0 aliphatic rings. The summed E-state index contributed by atoms with van der Waals surface area (Å²) < 4.78 is 0. The monoisotopic (exact) mass is 379 g/mol. The zero-order valence-corrected chi connectivity index (χ0v) is 16.0. The van der Waals surface area contributed by atoms with Crippen LogP contribution in [0.25, 0.3) is 10.6 Å². The van der Waals surface area contributed by atoms with Crippen LogP contribution in [0, 0.1) is 0 Å². The predicted octanol–water partition coefficient (Wildman–Crippen LogP) is 3.96. The number of nitrogens with zero attached hydrogens (tertiary/aromatic N) is 1. The summed E-state index contributed by atoms with van der Waals surface area (Å²) in [7, 11) is 0. The molecule has 3 aromatic rings. The average molecular weight is 379 g/mol. The lowest BCUT2D eigenvalue weighted by Gasteiger charge is -2.05. The molecule has 0 saturated heterocycles. The highest BCUT2D eigenvalue weighted by molar-refractivity contribution is 7.13. The maximum Gasteiger partial charge on any atom is 0.271 e. The molecule has 6 heteroatoms. The van der Waals surface area contributed by atoms with Gasteiger partial charge in [0.25, 0.3) is 5.91 Å². The number of carbonyl (C=O) groups is 2. The molecule has 138 valence electrons. The molecule has 0 fully saturated rings. The second-order valence-corrected chi connectivity index (χ2v) is 7.42. The number of primary amides is 1. The van der Waals surface area contributed by atoms with Crippen LogP contribution in [0.5, 0.6) is 0 Å². The minimum absolute atomic E-state index is 0.249. The third kappa shape index (κ3) is 4.60. The highest BCUT2D eigenvalue weighted by atomic mass is 32.1. The van der Waals surface area contributed by atoms with Crippen LogP contribution in [0.2, 0.25) is 0 Å². The summed E-state index contributed by atoms with van der Waals surface area (Å²) in [5.41, 5.74) is 9.15. The van der Waals surface area contributed by atoms with Crippen molar-refractivity contribution < 1.29 is 9.59 Å². The Labute approximate surface area is 162 Å². The highest BCUT2D eigenvalue weighted by Crippen LogP contribution is 2.25. The fourth-order valence-corrected chi connectivity index (χ4v) is 3.43. The molecule has 2 aromatic carbocycles. The van der Waals surface area contributed by atoms with E-state index in [1.165, 1.54) is 16.9 Å². The first-order chi connectivity index (χ1) is 12.9. The molecule has 3 N–H and O–H groups in total. The molecule has 0 spiro atoms. The van der Waals surface area contributed by atoms with Gasteiger partial charge in [0.15, 0.2) is 0 Å². The minimum atomic E-state index is -0.490. The van der Waals surface area contributed by atoms with Gasteiger partial charge >= 0.3 is 0 Å². The van der Waals surface area contributed by atoms with E-state index >= 15 is 0 Å². The Morgan fingerprint density at radius 2 is 1.89 bits per heavy atom. The molecule has 0 aliphatic carbocycles. The lowest BCUT2D eigenvalue weighted by molar-refractivity contribution is 0.0946. The van der Waals surface area contributed by atoms with Crippen molar-refractivity contribution in [2.75, 3.05) is 0 Å². The number of carbonyl (C=O) groups excluding carboxylic acids is 2. The molecule has 0 aliphatic heterocycles. The first kappa shape index (κ1) is 18.8. The van der Waals surface area contributed by atoms with Crippen LogP contribution < -0.4 is 11.1 Å². The third-order valence-corrected chi connectivity index (χ3v) is 5.12. The van der Waals surface area contributed by atoms with Gasteiger partial charge in [0.2, 0.25) is 5.91 Å². The zero-order chi connectivity index (χ0) is 19.4. The Bertz CT molecular complexity index is 962. The van der Waals surface area contributed by atoms with E-state index < -0.39 is 5.91 Å². The van der Waals surface area contributed by atoms with E-state index in [0.29, 0.717) is 23.7 Å². The van der Waals surface area contributed by atoms with E-state index in [-0.39, 0.29) is 5.91 Å². The van der Waals surface area contributed by atoms with Crippen molar-refractivity contribution in [3.8, 4) is 10.6 Å². The van der Waals surface area contributed by atoms with Crippen molar-refractivity contribution in [3.05, 3.63) is 76.3 Å². The zero-order valence-electron chi connectivity index (χ0n) is 15.2. The number of benzene rings is 2. The molecule has 3 rings (SSSR count). The number of hydrogen-bond acceptors (Lipinski definition) is 4. The van der Waals surface area contributed by atoms with Crippen molar-refractivity contribution in [1.82, 2.24) is 10.3 Å². The molecule has 5 nitrogen and oxygen atoms in total. The number of rotatable bonds is 6. The molecule has 0 unspecified atom stereocenters. The molecule has 0 atom stereocenters. The van der Waals surface area contributed by atoms with Crippen molar-refractivity contribution >= 4 is 23.2 Å². The van der Waals surface area contributed by atoms with E-state index in [1.807, 2.05) is 18.2 Å². The summed E-state index contributed by atoms with van der Waals surface area (Å²) in [6.45, 7) is 4.61. The number of thiazole rings is 1.